The van der Waals surface area contributed by atoms with Crippen molar-refractivity contribution in [3.05, 3.63) is 59.9 Å². The van der Waals surface area contributed by atoms with Gasteiger partial charge in [0.05, 0.1) is 11.0 Å². The maximum atomic E-state index is 4.91. The Hall–Kier alpha value is -1.56. The molecular formula is C19H20IN3. The van der Waals surface area contributed by atoms with Gasteiger partial charge in [-0.25, -0.2) is 4.98 Å². The van der Waals surface area contributed by atoms with Gasteiger partial charge in [-0.15, -0.1) is 24.0 Å². The monoisotopic (exact) mass is 417 g/mol. The van der Waals surface area contributed by atoms with Crippen LogP contribution in [0.2, 0.25) is 0 Å². The third-order valence-corrected chi connectivity index (χ3v) is 6.14. The summed E-state index contributed by atoms with van der Waals surface area (Å²) in [6.45, 7) is 4.75. The largest absolute Gasteiger partial charge is 0.351 e. The summed E-state index contributed by atoms with van der Waals surface area (Å²) >= 11 is 0. The van der Waals surface area contributed by atoms with Gasteiger partial charge in [0, 0.05) is 24.6 Å². The lowest BCUT2D eigenvalue weighted by atomic mass is 9.74. The molecule has 2 atom stereocenters. The van der Waals surface area contributed by atoms with Gasteiger partial charge in [-0.3, -0.25) is 0 Å². The summed E-state index contributed by atoms with van der Waals surface area (Å²) in [5.74, 6) is 1.20. The van der Waals surface area contributed by atoms with E-state index in [1.807, 2.05) is 0 Å². The van der Waals surface area contributed by atoms with Gasteiger partial charge in [-0.2, -0.15) is 0 Å². The lowest BCUT2D eigenvalue weighted by Gasteiger charge is -2.41. The van der Waals surface area contributed by atoms with Gasteiger partial charge in [-0.05, 0) is 30.7 Å². The molecule has 0 amide bonds. The zero-order valence-electron chi connectivity index (χ0n) is 13.6. The van der Waals surface area contributed by atoms with Crippen LogP contribution >= 0.6 is 24.0 Å². The molecule has 23 heavy (non-hydrogen) atoms. The standard InChI is InChI=1S/C19H19N3.HI/c1-18-12-17-20-14-9-5-7-11-16(14)22(17)19(18,2)21(3)15-10-6-4-8-13(15)18;/h4-11H,12H2,1-3H3;1H. The van der Waals surface area contributed by atoms with Gasteiger partial charge in [0.25, 0.3) is 0 Å². The molecule has 1 aromatic heterocycles. The normalized spacial score (nSPS) is 27.5. The third kappa shape index (κ3) is 1.48. The Kier molecular flexibility index (Phi) is 2.93. The van der Waals surface area contributed by atoms with Crippen molar-refractivity contribution in [1.29, 1.82) is 0 Å². The number of halogens is 1. The Balaban J connectivity index is 0.00000135. The Labute approximate surface area is 153 Å². The van der Waals surface area contributed by atoms with Crippen LogP contribution in [0, 0.1) is 0 Å². The molecule has 0 bridgehead atoms. The number of fused-ring (bicyclic) bond motifs is 7. The molecule has 5 rings (SSSR count). The number of hydrogen-bond acceptors (Lipinski definition) is 2. The fourth-order valence-electron chi connectivity index (χ4n) is 4.75. The summed E-state index contributed by atoms with van der Waals surface area (Å²) in [6, 6.07) is 17.3. The molecule has 0 saturated carbocycles. The van der Waals surface area contributed by atoms with E-state index in [4.69, 9.17) is 4.98 Å². The van der Waals surface area contributed by atoms with Crippen molar-refractivity contribution in [2.24, 2.45) is 0 Å². The first kappa shape index (κ1) is 15.0. The number of benzene rings is 2. The van der Waals surface area contributed by atoms with E-state index in [1.54, 1.807) is 0 Å². The van der Waals surface area contributed by atoms with E-state index in [0.717, 1.165) is 11.9 Å². The Morgan fingerprint density at radius 1 is 1.00 bits per heavy atom. The molecule has 2 aliphatic heterocycles. The van der Waals surface area contributed by atoms with E-state index < -0.39 is 0 Å². The second kappa shape index (κ2) is 4.50. The van der Waals surface area contributed by atoms with Crippen LogP contribution in [0.5, 0.6) is 0 Å². The lowest BCUT2D eigenvalue weighted by molar-refractivity contribution is 0.229. The van der Waals surface area contributed by atoms with Crippen molar-refractivity contribution in [2.45, 2.75) is 31.3 Å². The number of imidazole rings is 1. The average Bonchev–Trinajstić information content (AvgIpc) is 3.05. The SMILES string of the molecule is CN1c2ccccc2C2(C)Cc3nc4ccccc4n3C12C.I. The van der Waals surface area contributed by atoms with E-state index in [1.165, 1.54) is 22.6 Å². The van der Waals surface area contributed by atoms with Crippen molar-refractivity contribution in [3.63, 3.8) is 0 Å². The smallest absolute Gasteiger partial charge is 0.125 e. The van der Waals surface area contributed by atoms with Gasteiger partial charge in [0.2, 0.25) is 0 Å². The Bertz CT molecular complexity index is 931. The molecule has 0 N–H and O–H groups in total. The molecule has 118 valence electrons. The number of aromatic nitrogens is 2. The van der Waals surface area contributed by atoms with Crippen LogP contribution in [0.1, 0.15) is 25.2 Å². The summed E-state index contributed by atoms with van der Waals surface area (Å²) in [6.07, 6.45) is 0.986. The lowest BCUT2D eigenvalue weighted by Crippen LogP contribution is -2.51. The van der Waals surface area contributed by atoms with Crippen molar-refractivity contribution in [1.82, 2.24) is 9.55 Å². The van der Waals surface area contributed by atoms with E-state index in [2.05, 4.69) is 78.9 Å². The highest BCUT2D eigenvalue weighted by Gasteiger charge is 2.61. The molecule has 3 nitrogen and oxygen atoms in total. The van der Waals surface area contributed by atoms with Gasteiger partial charge in [0.15, 0.2) is 0 Å². The average molecular weight is 417 g/mol. The maximum absolute atomic E-state index is 4.91. The van der Waals surface area contributed by atoms with Gasteiger partial charge in [0.1, 0.15) is 11.5 Å². The number of likely N-dealkylation sites (N-methyl/N-ethyl adjacent to an activating group) is 1. The molecule has 0 aliphatic carbocycles. The fraction of sp³-hybridized carbons (Fsp3) is 0.316. The van der Waals surface area contributed by atoms with Gasteiger partial charge in [-0.1, -0.05) is 37.3 Å². The van der Waals surface area contributed by atoms with Crippen LogP contribution < -0.4 is 4.90 Å². The Morgan fingerprint density at radius 2 is 1.70 bits per heavy atom. The molecule has 0 fully saturated rings. The Morgan fingerprint density at radius 3 is 2.52 bits per heavy atom. The molecule has 2 aromatic carbocycles. The molecule has 2 aliphatic rings. The quantitative estimate of drug-likeness (QED) is 0.509. The van der Waals surface area contributed by atoms with Crippen LogP contribution in [0.4, 0.5) is 5.69 Å². The second-order valence-corrected chi connectivity index (χ2v) is 6.96. The number of nitrogens with zero attached hydrogens (tertiary/aromatic N) is 3. The minimum Gasteiger partial charge on any atom is -0.351 e. The minimum atomic E-state index is -0.109. The molecule has 0 radical (unpaired) electrons. The first-order chi connectivity index (χ1) is 10.6. The van der Waals surface area contributed by atoms with Crippen molar-refractivity contribution >= 4 is 40.7 Å². The second-order valence-electron chi connectivity index (χ2n) is 6.96. The first-order valence-electron chi connectivity index (χ1n) is 7.87. The van der Waals surface area contributed by atoms with E-state index in [-0.39, 0.29) is 35.1 Å². The number of rotatable bonds is 0. The predicted octanol–water partition coefficient (Wildman–Crippen LogP) is 4.29. The van der Waals surface area contributed by atoms with E-state index >= 15 is 0 Å². The molecule has 4 heteroatoms. The van der Waals surface area contributed by atoms with Crippen LogP contribution in [-0.4, -0.2) is 16.6 Å². The highest BCUT2D eigenvalue weighted by atomic mass is 127. The predicted molar refractivity (Wildman–Crippen MR) is 105 cm³/mol. The molecule has 0 spiro atoms. The third-order valence-electron chi connectivity index (χ3n) is 6.14. The summed E-state index contributed by atoms with van der Waals surface area (Å²) in [5.41, 5.74) is 5.08. The summed E-state index contributed by atoms with van der Waals surface area (Å²) in [7, 11) is 2.22. The van der Waals surface area contributed by atoms with Gasteiger partial charge < -0.3 is 9.47 Å². The summed E-state index contributed by atoms with van der Waals surface area (Å²) in [5, 5.41) is 0. The van der Waals surface area contributed by atoms with Crippen LogP contribution in [0.25, 0.3) is 11.0 Å². The minimum absolute atomic E-state index is 0. The molecule has 2 unspecified atom stereocenters. The fourth-order valence-corrected chi connectivity index (χ4v) is 4.75. The number of hydrogen-bond donors (Lipinski definition) is 0. The van der Waals surface area contributed by atoms with Gasteiger partial charge >= 0.3 is 0 Å². The number of anilines is 1. The number of para-hydroxylation sites is 3. The molecule has 3 heterocycles. The summed E-state index contributed by atoms with van der Waals surface area (Å²) in [4.78, 5) is 7.35. The van der Waals surface area contributed by atoms with Crippen LogP contribution in [0.15, 0.2) is 48.5 Å². The molecular weight excluding hydrogens is 397 g/mol. The van der Waals surface area contributed by atoms with Crippen molar-refractivity contribution < 1.29 is 0 Å². The van der Waals surface area contributed by atoms with Crippen molar-refractivity contribution in [3.8, 4) is 0 Å². The maximum Gasteiger partial charge on any atom is 0.125 e. The van der Waals surface area contributed by atoms with Crippen LogP contribution in [0.3, 0.4) is 0 Å². The van der Waals surface area contributed by atoms with E-state index in [0.29, 0.717) is 0 Å². The topological polar surface area (TPSA) is 21.1 Å². The van der Waals surface area contributed by atoms with E-state index in [9.17, 15) is 0 Å². The zero-order chi connectivity index (χ0) is 15.1. The highest BCUT2D eigenvalue weighted by molar-refractivity contribution is 14.0. The molecule has 0 saturated heterocycles. The first-order valence-corrected chi connectivity index (χ1v) is 7.87. The summed E-state index contributed by atoms with van der Waals surface area (Å²) < 4.78 is 2.46. The zero-order valence-corrected chi connectivity index (χ0v) is 15.9. The molecule has 3 aromatic rings. The van der Waals surface area contributed by atoms with Crippen LogP contribution in [-0.2, 0) is 17.5 Å². The highest BCUT2D eigenvalue weighted by Crippen LogP contribution is 2.59. The van der Waals surface area contributed by atoms with Crippen molar-refractivity contribution in [2.75, 3.05) is 11.9 Å².